The van der Waals surface area contributed by atoms with Crippen molar-refractivity contribution in [2.75, 3.05) is 18.4 Å². The number of nitrogens with zero attached hydrogens (tertiary/aromatic N) is 2. The number of piperidine rings is 1. The minimum absolute atomic E-state index is 0.0188. The highest BCUT2D eigenvalue weighted by Gasteiger charge is 2.27. The molecule has 1 atom stereocenters. The zero-order valence-corrected chi connectivity index (χ0v) is 12.0. The van der Waals surface area contributed by atoms with E-state index in [4.69, 9.17) is 4.52 Å². The normalized spacial score (nSPS) is 19.3. The summed E-state index contributed by atoms with van der Waals surface area (Å²) in [6, 6.07) is 1.67. The summed E-state index contributed by atoms with van der Waals surface area (Å²) >= 11 is 0. The largest absolute Gasteiger partial charge is 0.360 e. The molecule has 0 spiro atoms. The Bertz CT molecular complexity index is 422. The summed E-state index contributed by atoms with van der Waals surface area (Å²) in [4.78, 5) is 14.6. The van der Waals surface area contributed by atoms with E-state index in [2.05, 4.69) is 29.2 Å². The highest BCUT2D eigenvalue weighted by Crippen LogP contribution is 2.20. The van der Waals surface area contributed by atoms with Crippen molar-refractivity contribution in [3.05, 3.63) is 11.8 Å². The van der Waals surface area contributed by atoms with Crippen LogP contribution in [0, 0.1) is 12.8 Å². The highest BCUT2D eigenvalue weighted by molar-refractivity contribution is 5.93. The van der Waals surface area contributed by atoms with Crippen molar-refractivity contribution in [1.82, 2.24) is 10.1 Å². The number of hydrogen-bond acceptors (Lipinski definition) is 4. The summed E-state index contributed by atoms with van der Waals surface area (Å²) in [5, 5.41) is 6.64. The van der Waals surface area contributed by atoms with Gasteiger partial charge in [0, 0.05) is 6.07 Å². The lowest BCUT2D eigenvalue weighted by molar-refractivity contribution is -0.122. The number of likely N-dealkylation sites (tertiary alicyclic amines) is 1. The Morgan fingerprint density at radius 2 is 2.26 bits per heavy atom. The van der Waals surface area contributed by atoms with Crippen LogP contribution in [0.25, 0.3) is 0 Å². The number of nitrogens with one attached hydrogen (secondary N) is 1. The van der Waals surface area contributed by atoms with E-state index >= 15 is 0 Å². The topological polar surface area (TPSA) is 58.4 Å². The van der Waals surface area contributed by atoms with Crippen LogP contribution in [0.5, 0.6) is 0 Å². The Morgan fingerprint density at radius 3 is 2.79 bits per heavy atom. The monoisotopic (exact) mass is 265 g/mol. The molecular weight excluding hydrogens is 242 g/mol. The van der Waals surface area contributed by atoms with Crippen LogP contribution in [0.3, 0.4) is 0 Å². The molecule has 0 bridgehead atoms. The average Bonchev–Trinajstić information content (AvgIpc) is 2.78. The molecule has 1 aromatic rings. The molecule has 2 rings (SSSR count). The second-order valence-electron chi connectivity index (χ2n) is 5.45. The Morgan fingerprint density at radius 1 is 1.58 bits per heavy atom. The first-order valence-corrected chi connectivity index (χ1v) is 7.08. The molecule has 1 fully saturated rings. The Hall–Kier alpha value is -1.36. The molecule has 1 saturated heterocycles. The third-order valence-electron chi connectivity index (χ3n) is 3.83. The molecule has 5 nitrogen and oxygen atoms in total. The number of anilines is 1. The minimum Gasteiger partial charge on any atom is -0.360 e. The van der Waals surface area contributed by atoms with Gasteiger partial charge in [0.2, 0.25) is 5.91 Å². The maximum Gasteiger partial charge on any atom is 0.242 e. The van der Waals surface area contributed by atoms with E-state index in [9.17, 15) is 4.79 Å². The van der Waals surface area contributed by atoms with Crippen molar-refractivity contribution in [2.24, 2.45) is 5.92 Å². The first kappa shape index (κ1) is 14.1. The van der Waals surface area contributed by atoms with Gasteiger partial charge in [0.15, 0.2) is 5.82 Å². The molecule has 0 saturated carbocycles. The van der Waals surface area contributed by atoms with Gasteiger partial charge in [0.25, 0.3) is 0 Å². The van der Waals surface area contributed by atoms with Crippen LogP contribution >= 0.6 is 0 Å². The Labute approximate surface area is 114 Å². The molecule has 1 aliphatic heterocycles. The van der Waals surface area contributed by atoms with E-state index in [1.54, 1.807) is 6.07 Å². The summed E-state index contributed by atoms with van der Waals surface area (Å²) in [6.45, 7) is 8.15. The molecule has 1 N–H and O–H groups in total. The molecule has 19 heavy (non-hydrogen) atoms. The summed E-state index contributed by atoms with van der Waals surface area (Å²) in [6.07, 6.45) is 3.16. The molecule has 0 aromatic carbocycles. The molecule has 106 valence electrons. The SMILES string of the molecule is CCC(C(=O)Nc1cc(C)on1)N1CCC(C)CC1. The summed E-state index contributed by atoms with van der Waals surface area (Å²) < 4.78 is 4.96. The maximum atomic E-state index is 12.3. The molecule has 0 aliphatic carbocycles. The van der Waals surface area contributed by atoms with Crippen LogP contribution in [0.1, 0.15) is 38.9 Å². The number of aromatic nitrogens is 1. The van der Waals surface area contributed by atoms with Gasteiger partial charge in [0.1, 0.15) is 5.76 Å². The van der Waals surface area contributed by atoms with Crippen molar-refractivity contribution in [3.63, 3.8) is 0 Å². The van der Waals surface area contributed by atoms with Gasteiger partial charge >= 0.3 is 0 Å². The molecule has 2 heterocycles. The third kappa shape index (κ3) is 3.56. The second-order valence-corrected chi connectivity index (χ2v) is 5.45. The van der Waals surface area contributed by atoms with Crippen molar-refractivity contribution in [1.29, 1.82) is 0 Å². The van der Waals surface area contributed by atoms with Crippen molar-refractivity contribution in [2.45, 2.75) is 46.1 Å². The predicted molar refractivity (Wildman–Crippen MR) is 73.9 cm³/mol. The van der Waals surface area contributed by atoms with E-state index in [1.165, 1.54) is 12.8 Å². The minimum atomic E-state index is -0.0653. The predicted octanol–water partition coefficient (Wildman–Crippen LogP) is 2.43. The van der Waals surface area contributed by atoms with Gasteiger partial charge in [-0.2, -0.15) is 0 Å². The van der Waals surface area contributed by atoms with E-state index in [1.807, 2.05) is 6.92 Å². The molecule has 1 aromatic heterocycles. The maximum absolute atomic E-state index is 12.3. The van der Waals surface area contributed by atoms with E-state index in [0.29, 0.717) is 11.6 Å². The van der Waals surface area contributed by atoms with Crippen LogP contribution in [0.2, 0.25) is 0 Å². The lowest BCUT2D eigenvalue weighted by Crippen LogP contribution is -2.47. The van der Waals surface area contributed by atoms with E-state index < -0.39 is 0 Å². The summed E-state index contributed by atoms with van der Waals surface area (Å²) in [5.74, 6) is 2.00. The fourth-order valence-corrected chi connectivity index (χ4v) is 2.58. The van der Waals surface area contributed by atoms with Gasteiger partial charge in [-0.1, -0.05) is 19.0 Å². The van der Waals surface area contributed by atoms with Gasteiger partial charge < -0.3 is 9.84 Å². The van der Waals surface area contributed by atoms with Crippen LogP contribution in [0.4, 0.5) is 5.82 Å². The number of aryl methyl sites for hydroxylation is 1. The summed E-state index contributed by atoms with van der Waals surface area (Å²) in [7, 11) is 0. The first-order chi connectivity index (χ1) is 9.10. The average molecular weight is 265 g/mol. The smallest absolute Gasteiger partial charge is 0.242 e. The zero-order valence-electron chi connectivity index (χ0n) is 12.0. The molecular formula is C14H23N3O2. The number of hydrogen-bond donors (Lipinski definition) is 1. The van der Waals surface area contributed by atoms with Gasteiger partial charge in [-0.3, -0.25) is 9.69 Å². The second kappa shape index (κ2) is 6.19. The van der Waals surface area contributed by atoms with Crippen molar-refractivity contribution >= 4 is 11.7 Å². The lowest BCUT2D eigenvalue weighted by Gasteiger charge is -2.35. The Kier molecular flexibility index (Phi) is 4.58. The number of rotatable bonds is 4. The van der Waals surface area contributed by atoms with E-state index in [-0.39, 0.29) is 11.9 Å². The zero-order chi connectivity index (χ0) is 13.8. The van der Waals surface area contributed by atoms with Crippen LogP contribution in [0.15, 0.2) is 10.6 Å². The number of carbonyl (C=O) groups is 1. The molecule has 0 radical (unpaired) electrons. The van der Waals surface area contributed by atoms with Crippen LogP contribution < -0.4 is 5.32 Å². The fourth-order valence-electron chi connectivity index (χ4n) is 2.58. The summed E-state index contributed by atoms with van der Waals surface area (Å²) in [5.41, 5.74) is 0. The van der Waals surface area contributed by atoms with Crippen molar-refractivity contribution < 1.29 is 9.32 Å². The number of amides is 1. The lowest BCUT2D eigenvalue weighted by atomic mass is 9.97. The van der Waals surface area contributed by atoms with Crippen LogP contribution in [-0.4, -0.2) is 35.1 Å². The van der Waals surface area contributed by atoms with Crippen LogP contribution in [-0.2, 0) is 4.79 Å². The van der Waals surface area contributed by atoms with Gasteiger partial charge in [-0.15, -0.1) is 0 Å². The quantitative estimate of drug-likeness (QED) is 0.908. The molecule has 1 aliphatic rings. The van der Waals surface area contributed by atoms with Gasteiger partial charge in [-0.25, -0.2) is 0 Å². The van der Waals surface area contributed by atoms with Gasteiger partial charge in [-0.05, 0) is 45.2 Å². The number of carbonyl (C=O) groups excluding carboxylic acids is 1. The molecule has 1 unspecified atom stereocenters. The fraction of sp³-hybridized carbons (Fsp3) is 0.714. The first-order valence-electron chi connectivity index (χ1n) is 7.08. The highest BCUT2D eigenvalue weighted by atomic mass is 16.5. The third-order valence-corrected chi connectivity index (χ3v) is 3.83. The van der Waals surface area contributed by atoms with Gasteiger partial charge in [0.05, 0.1) is 6.04 Å². The molecule has 1 amide bonds. The Balaban J connectivity index is 1.95. The van der Waals surface area contributed by atoms with Crippen molar-refractivity contribution in [3.8, 4) is 0 Å². The molecule has 5 heteroatoms. The van der Waals surface area contributed by atoms with E-state index in [0.717, 1.165) is 25.4 Å². The standard InChI is InChI=1S/C14H23N3O2/c1-4-12(17-7-5-10(2)6-8-17)14(18)15-13-9-11(3)19-16-13/h9-10,12H,4-8H2,1-3H3,(H,15,16,18).